The molecule has 0 bridgehead atoms. The summed E-state index contributed by atoms with van der Waals surface area (Å²) in [5.74, 6) is -0.292. The van der Waals surface area contributed by atoms with E-state index in [1.807, 2.05) is 0 Å². The third kappa shape index (κ3) is 4.10. The van der Waals surface area contributed by atoms with Gasteiger partial charge in [0.25, 0.3) is 0 Å². The van der Waals surface area contributed by atoms with Crippen molar-refractivity contribution in [2.75, 3.05) is 45.5 Å². The predicted molar refractivity (Wildman–Crippen MR) is 66.1 cm³/mol. The minimum Gasteiger partial charge on any atom is -0.339 e. The van der Waals surface area contributed by atoms with E-state index in [0.29, 0.717) is 13.1 Å². The highest BCUT2D eigenvalue weighted by atomic mass is 32.2. The predicted octanol–water partition coefficient (Wildman–Crippen LogP) is -1.13. The monoisotopic (exact) mass is 261 g/mol. The van der Waals surface area contributed by atoms with Crippen LogP contribution in [0.2, 0.25) is 0 Å². The molecule has 0 aromatic heterocycles. The minimum absolute atomic E-state index is 0.101. The average Bonchev–Trinajstić information content (AvgIpc) is 2.30. The van der Waals surface area contributed by atoms with Crippen molar-refractivity contribution < 1.29 is 13.2 Å². The van der Waals surface area contributed by atoms with Gasteiger partial charge in [-0.2, -0.15) is 4.31 Å². The van der Waals surface area contributed by atoms with E-state index in [1.165, 1.54) is 13.1 Å². The molecule has 0 aliphatic carbocycles. The molecule has 1 fully saturated rings. The minimum atomic E-state index is -3.39. The molecule has 1 rings (SSSR count). The van der Waals surface area contributed by atoms with Crippen LogP contribution in [-0.4, -0.2) is 69.1 Å². The Kier molecular flexibility index (Phi) is 5.10. The molecule has 1 heterocycles. The van der Waals surface area contributed by atoms with E-state index >= 15 is 0 Å². The molecule has 1 amide bonds. The summed E-state index contributed by atoms with van der Waals surface area (Å²) < 4.78 is 24.3. The molecule has 0 saturated carbocycles. The molecule has 98 valence electrons. The summed E-state index contributed by atoms with van der Waals surface area (Å²) in [6.45, 7) is 6.07. The molecular formula is C10H19N3O3S. The molecule has 6 nitrogen and oxygen atoms in total. The van der Waals surface area contributed by atoms with Crippen LogP contribution in [0.4, 0.5) is 0 Å². The highest BCUT2D eigenvalue weighted by molar-refractivity contribution is 7.89. The lowest BCUT2D eigenvalue weighted by Crippen LogP contribution is -2.49. The first-order valence-electron chi connectivity index (χ1n) is 5.51. The number of sulfonamides is 1. The third-order valence-electron chi connectivity index (χ3n) is 2.63. The molecule has 1 aliphatic rings. The number of nitrogens with zero attached hydrogens (tertiary/aromatic N) is 2. The molecule has 0 unspecified atom stereocenters. The Morgan fingerprint density at radius 2 is 2.06 bits per heavy atom. The molecule has 17 heavy (non-hydrogen) atoms. The molecule has 0 radical (unpaired) electrons. The molecule has 0 aromatic carbocycles. The van der Waals surface area contributed by atoms with Crippen LogP contribution < -0.4 is 5.32 Å². The van der Waals surface area contributed by atoms with Gasteiger partial charge in [0.05, 0.1) is 12.3 Å². The lowest BCUT2D eigenvalue weighted by Gasteiger charge is -2.28. The molecule has 1 aliphatic heterocycles. The van der Waals surface area contributed by atoms with Gasteiger partial charge in [0.15, 0.2) is 0 Å². The number of hydrogen-bond donors (Lipinski definition) is 1. The number of hydrogen-bond acceptors (Lipinski definition) is 4. The first-order chi connectivity index (χ1) is 7.97. The SMILES string of the molecule is C=CCS(=O)(=O)N(C)CC(=O)N1CCNCC1. The largest absolute Gasteiger partial charge is 0.339 e. The quantitative estimate of drug-likeness (QED) is 0.636. The Morgan fingerprint density at radius 3 is 2.59 bits per heavy atom. The van der Waals surface area contributed by atoms with Gasteiger partial charge in [-0.15, -0.1) is 6.58 Å². The van der Waals surface area contributed by atoms with Crippen molar-refractivity contribution in [1.82, 2.24) is 14.5 Å². The van der Waals surface area contributed by atoms with Gasteiger partial charge < -0.3 is 10.2 Å². The standard InChI is InChI=1S/C10H19N3O3S/c1-3-8-17(15,16)12(2)9-10(14)13-6-4-11-5-7-13/h3,11H,1,4-9H2,2H3. The second-order valence-corrected chi connectivity index (χ2v) is 6.07. The number of amides is 1. The van der Waals surface area contributed by atoms with Gasteiger partial charge in [0.1, 0.15) is 0 Å². The summed E-state index contributed by atoms with van der Waals surface area (Å²) in [6.07, 6.45) is 1.32. The molecule has 0 aromatic rings. The van der Waals surface area contributed by atoms with Crippen molar-refractivity contribution in [2.45, 2.75) is 0 Å². The molecule has 0 atom stereocenters. The maximum absolute atomic E-state index is 11.8. The second-order valence-electron chi connectivity index (χ2n) is 3.95. The fourth-order valence-electron chi connectivity index (χ4n) is 1.58. The Morgan fingerprint density at radius 1 is 1.47 bits per heavy atom. The van der Waals surface area contributed by atoms with Crippen molar-refractivity contribution in [3.8, 4) is 0 Å². The summed E-state index contributed by atoms with van der Waals surface area (Å²) in [6, 6.07) is 0. The number of piperazine rings is 1. The third-order valence-corrected chi connectivity index (χ3v) is 4.37. The Hall–Kier alpha value is -0.920. The Bertz CT molecular complexity index is 374. The number of nitrogens with one attached hydrogen (secondary N) is 1. The van der Waals surface area contributed by atoms with Crippen LogP contribution in [0.15, 0.2) is 12.7 Å². The number of carbonyl (C=O) groups is 1. The van der Waals surface area contributed by atoms with Crippen LogP contribution in [0.25, 0.3) is 0 Å². The highest BCUT2D eigenvalue weighted by Crippen LogP contribution is 2.01. The lowest BCUT2D eigenvalue weighted by molar-refractivity contribution is -0.131. The van der Waals surface area contributed by atoms with E-state index in [4.69, 9.17) is 0 Å². The first-order valence-corrected chi connectivity index (χ1v) is 7.11. The zero-order valence-electron chi connectivity index (χ0n) is 10.1. The summed E-state index contributed by atoms with van der Waals surface area (Å²) >= 11 is 0. The van der Waals surface area contributed by atoms with E-state index in [9.17, 15) is 13.2 Å². The fourth-order valence-corrected chi connectivity index (χ4v) is 2.44. The first kappa shape index (κ1) is 14.1. The fraction of sp³-hybridized carbons (Fsp3) is 0.700. The summed E-state index contributed by atoms with van der Waals surface area (Å²) in [4.78, 5) is 13.5. The Balaban J connectivity index is 2.52. The van der Waals surface area contributed by atoms with Crippen LogP contribution in [0.3, 0.4) is 0 Å². The zero-order valence-corrected chi connectivity index (χ0v) is 10.9. The van der Waals surface area contributed by atoms with Crippen LogP contribution in [-0.2, 0) is 14.8 Å². The van der Waals surface area contributed by atoms with E-state index < -0.39 is 10.0 Å². The zero-order chi connectivity index (χ0) is 12.9. The van der Waals surface area contributed by atoms with E-state index in [1.54, 1.807) is 4.90 Å². The van der Waals surface area contributed by atoms with Crippen LogP contribution >= 0.6 is 0 Å². The van der Waals surface area contributed by atoms with Gasteiger partial charge in [-0.25, -0.2) is 8.42 Å². The van der Waals surface area contributed by atoms with Crippen LogP contribution in [0, 0.1) is 0 Å². The number of rotatable bonds is 5. The molecule has 0 spiro atoms. The van der Waals surface area contributed by atoms with Crippen molar-refractivity contribution >= 4 is 15.9 Å². The number of likely N-dealkylation sites (N-methyl/N-ethyl adjacent to an activating group) is 1. The van der Waals surface area contributed by atoms with Gasteiger partial charge >= 0.3 is 0 Å². The Labute approximate surface area is 102 Å². The second kappa shape index (κ2) is 6.13. The van der Waals surface area contributed by atoms with Gasteiger partial charge in [0.2, 0.25) is 15.9 Å². The van der Waals surface area contributed by atoms with Crippen LogP contribution in [0.5, 0.6) is 0 Å². The van der Waals surface area contributed by atoms with Crippen molar-refractivity contribution in [2.24, 2.45) is 0 Å². The maximum atomic E-state index is 11.8. The van der Waals surface area contributed by atoms with Gasteiger partial charge in [-0.05, 0) is 0 Å². The molecular weight excluding hydrogens is 242 g/mol. The summed E-state index contributed by atoms with van der Waals surface area (Å²) in [5.41, 5.74) is 0. The molecule has 1 saturated heterocycles. The van der Waals surface area contributed by atoms with E-state index in [-0.39, 0.29) is 18.2 Å². The summed E-state index contributed by atoms with van der Waals surface area (Å²) in [5, 5.41) is 3.13. The maximum Gasteiger partial charge on any atom is 0.237 e. The van der Waals surface area contributed by atoms with E-state index in [0.717, 1.165) is 17.4 Å². The topological polar surface area (TPSA) is 69.7 Å². The van der Waals surface area contributed by atoms with Gasteiger partial charge in [-0.1, -0.05) is 6.08 Å². The molecule has 7 heteroatoms. The van der Waals surface area contributed by atoms with Gasteiger partial charge in [0, 0.05) is 33.2 Å². The number of carbonyl (C=O) groups excluding carboxylic acids is 1. The van der Waals surface area contributed by atoms with Crippen molar-refractivity contribution in [3.05, 3.63) is 12.7 Å². The normalized spacial score (nSPS) is 17.2. The van der Waals surface area contributed by atoms with Crippen molar-refractivity contribution in [1.29, 1.82) is 0 Å². The van der Waals surface area contributed by atoms with Crippen molar-refractivity contribution in [3.63, 3.8) is 0 Å². The summed E-state index contributed by atoms with van der Waals surface area (Å²) in [7, 11) is -1.98. The molecule has 1 N–H and O–H groups in total. The van der Waals surface area contributed by atoms with Crippen LogP contribution in [0.1, 0.15) is 0 Å². The average molecular weight is 261 g/mol. The van der Waals surface area contributed by atoms with Gasteiger partial charge in [-0.3, -0.25) is 4.79 Å². The highest BCUT2D eigenvalue weighted by Gasteiger charge is 2.23. The lowest BCUT2D eigenvalue weighted by atomic mass is 10.3. The van der Waals surface area contributed by atoms with E-state index in [2.05, 4.69) is 11.9 Å². The smallest absolute Gasteiger partial charge is 0.237 e.